The number of ether oxygens (including phenoxy) is 4. The van der Waals surface area contributed by atoms with Gasteiger partial charge in [-0.2, -0.15) is 0 Å². The number of methoxy groups -OCH3 is 3. The van der Waals surface area contributed by atoms with Crippen molar-refractivity contribution >= 4 is 18.2 Å². The number of ketones is 1. The van der Waals surface area contributed by atoms with Gasteiger partial charge < -0.3 is 23.8 Å². The number of piperidine rings is 1. The highest BCUT2D eigenvalue weighted by Gasteiger charge is 2.52. The SMILES string of the molecule is COC1=CC2(OC(C)=O)C(=CC1=O)CCN(C=O)C2Cc1ccc(OC)c(OC)c1. The van der Waals surface area contributed by atoms with Gasteiger partial charge in [0.1, 0.15) is 0 Å². The Labute approximate surface area is 175 Å². The molecule has 0 bridgehead atoms. The van der Waals surface area contributed by atoms with Crippen LogP contribution in [0, 0.1) is 0 Å². The van der Waals surface area contributed by atoms with Crippen molar-refractivity contribution in [2.45, 2.75) is 31.4 Å². The van der Waals surface area contributed by atoms with Gasteiger partial charge in [0, 0.05) is 19.5 Å². The van der Waals surface area contributed by atoms with Crippen LogP contribution in [0.15, 0.2) is 41.7 Å². The molecule has 2 atom stereocenters. The molecule has 2 aliphatic rings. The fourth-order valence-electron chi connectivity index (χ4n) is 4.12. The lowest BCUT2D eigenvalue weighted by molar-refractivity contribution is -0.159. The summed E-state index contributed by atoms with van der Waals surface area (Å²) in [6, 6.07) is 4.88. The largest absolute Gasteiger partial charge is 0.493 e. The minimum atomic E-state index is -1.29. The van der Waals surface area contributed by atoms with E-state index in [1.807, 2.05) is 12.1 Å². The average molecular weight is 415 g/mol. The molecule has 0 radical (unpaired) electrons. The zero-order valence-electron chi connectivity index (χ0n) is 17.5. The predicted octanol–water partition coefficient (Wildman–Crippen LogP) is 1.82. The van der Waals surface area contributed by atoms with Crippen molar-refractivity contribution in [3.8, 4) is 11.5 Å². The zero-order chi connectivity index (χ0) is 21.9. The van der Waals surface area contributed by atoms with Crippen LogP contribution in [0.5, 0.6) is 11.5 Å². The molecule has 1 aromatic carbocycles. The molecule has 30 heavy (non-hydrogen) atoms. The van der Waals surface area contributed by atoms with Crippen molar-refractivity contribution < 1.29 is 33.3 Å². The maximum atomic E-state index is 12.4. The number of nitrogens with zero attached hydrogens (tertiary/aromatic N) is 1. The summed E-state index contributed by atoms with van der Waals surface area (Å²) in [5.74, 6) is 0.390. The second-order valence-electron chi connectivity index (χ2n) is 7.14. The van der Waals surface area contributed by atoms with E-state index in [2.05, 4.69) is 0 Å². The fourth-order valence-corrected chi connectivity index (χ4v) is 4.12. The summed E-state index contributed by atoms with van der Waals surface area (Å²) in [5.41, 5.74) is 0.200. The van der Waals surface area contributed by atoms with E-state index in [0.29, 0.717) is 36.5 Å². The van der Waals surface area contributed by atoms with Crippen molar-refractivity contribution in [2.75, 3.05) is 27.9 Å². The Bertz CT molecular complexity index is 920. The molecule has 1 fully saturated rings. The van der Waals surface area contributed by atoms with Gasteiger partial charge in [-0.3, -0.25) is 14.4 Å². The molecule has 1 heterocycles. The van der Waals surface area contributed by atoms with E-state index >= 15 is 0 Å². The number of hydrogen-bond donors (Lipinski definition) is 0. The summed E-state index contributed by atoms with van der Waals surface area (Å²) >= 11 is 0. The second kappa shape index (κ2) is 8.61. The first-order chi connectivity index (χ1) is 14.4. The lowest BCUT2D eigenvalue weighted by atomic mass is 9.74. The summed E-state index contributed by atoms with van der Waals surface area (Å²) in [5, 5.41) is 0. The highest BCUT2D eigenvalue weighted by Crippen LogP contribution is 2.42. The smallest absolute Gasteiger partial charge is 0.303 e. The first kappa shape index (κ1) is 21.4. The maximum absolute atomic E-state index is 12.4. The van der Waals surface area contributed by atoms with E-state index in [-0.39, 0.29) is 11.5 Å². The highest BCUT2D eigenvalue weighted by molar-refractivity contribution is 6.04. The molecule has 0 N–H and O–H groups in total. The van der Waals surface area contributed by atoms with Crippen molar-refractivity contribution in [1.82, 2.24) is 4.90 Å². The van der Waals surface area contributed by atoms with Gasteiger partial charge in [-0.05, 0) is 42.2 Å². The molecule has 1 aliphatic heterocycles. The van der Waals surface area contributed by atoms with Gasteiger partial charge >= 0.3 is 5.97 Å². The molecule has 1 saturated heterocycles. The topological polar surface area (TPSA) is 91.4 Å². The molecule has 3 rings (SSSR count). The molecule has 2 unspecified atom stereocenters. The van der Waals surface area contributed by atoms with Gasteiger partial charge in [0.05, 0.1) is 27.4 Å². The van der Waals surface area contributed by atoms with E-state index in [1.165, 1.54) is 26.2 Å². The zero-order valence-corrected chi connectivity index (χ0v) is 17.5. The molecule has 0 spiro atoms. The Morgan fingerprint density at radius 3 is 2.53 bits per heavy atom. The Kier molecular flexibility index (Phi) is 6.14. The van der Waals surface area contributed by atoms with Crippen LogP contribution in [0.1, 0.15) is 18.9 Å². The maximum Gasteiger partial charge on any atom is 0.303 e. The van der Waals surface area contributed by atoms with Crippen LogP contribution >= 0.6 is 0 Å². The van der Waals surface area contributed by atoms with Crippen molar-refractivity contribution in [3.05, 3.63) is 47.2 Å². The van der Waals surface area contributed by atoms with E-state index in [9.17, 15) is 14.4 Å². The summed E-state index contributed by atoms with van der Waals surface area (Å²) in [4.78, 5) is 37.9. The van der Waals surface area contributed by atoms with Gasteiger partial charge in [-0.1, -0.05) is 6.07 Å². The molecule has 1 amide bonds. The average Bonchev–Trinajstić information content (AvgIpc) is 2.73. The first-order valence-corrected chi connectivity index (χ1v) is 9.52. The predicted molar refractivity (Wildman–Crippen MR) is 107 cm³/mol. The molecule has 160 valence electrons. The minimum Gasteiger partial charge on any atom is -0.493 e. The van der Waals surface area contributed by atoms with Gasteiger partial charge in [0.25, 0.3) is 0 Å². The monoisotopic (exact) mass is 415 g/mol. The van der Waals surface area contributed by atoms with Crippen LogP contribution in [0.2, 0.25) is 0 Å². The van der Waals surface area contributed by atoms with E-state index in [1.54, 1.807) is 25.2 Å². The van der Waals surface area contributed by atoms with Crippen molar-refractivity contribution in [2.24, 2.45) is 0 Å². The van der Waals surface area contributed by atoms with E-state index < -0.39 is 17.6 Å². The summed E-state index contributed by atoms with van der Waals surface area (Å²) < 4.78 is 21.7. The third kappa shape index (κ3) is 3.77. The Morgan fingerprint density at radius 1 is 1.20 bits per heavy atom. The lowest BCUT2D eigenvalue weighted by Gasteiger charge is -2.49. The number of benzene rings is 1. The summed E-state index contributed by atoms with van der Waals surface area (Å²) in [7, 11) is 4.48. The number of esters is 1. The van der Waals surface area contributed by atoms with Gasteiger partial charge in [0.2, 0.25) is 12.2 Å². The number of carbonyl (C=O) groups excluding carboxylic acids is 3. The van der Waals surface area contributed by atoms with Crippen LogP contribution in [-0.4, -0.2) is 62.6 Å². The molecular formula is C22H25NO7. The minimum absolute atomic E-state index is 0.0741. The summed E-state index contributed by atoms with van der Waals surface area (Å²) in [6.07, 6.45) is 4.47. The fraction of sp³-hybridized carbons (Fsp3) is 0.409. The number of rotatable bonds is 7. The Balaban J connectivity index is 2.11. The quantitative estimate of drug-likeness (QED) is 0.495. The lowest BCUT2D eigenvalue weighted by Crippen LogP contribution is -2.60. The number of amides is 1. The molecule has 1 aliphatic carbocycles. The molecule has 0 saturated carbocycles. The Hall–Kier alpha value is -3.29. The highest BCUT2D eigenvalue weighted by atomic mass is 16.6. The van der Waals surface area contributed by atoms with Gasteiger partial charge in [0.15, 0.2) is 22.9 Å². The van der Waals surface area contributed by atoms with Crippen LogP contribution in [-0.2, 0) is 30.3 Å². The van der Waals surface area contributed by atoms with E-state index in [0.717, 1.165) is 12.0 Å². The third-order valence-electron chi connectivity index (χ3n) is 5.48. The second-order valence-corrected chi connectivity index (χ2v) is 7.14. The van der Waals surface area contributed by atoms with Crippen LogP contribution < -0.4 is 9.47 Å². The Morgan fingerprint density at radius 2 is 1.93 bits per heavy atom. The summed E-state index contributed by atoms with van der Waals surface area (Å²) in [6.45, 7) is 1.70. The number of hydrogen-bond acceptors (Lipinski definition) is 7. The normalized spacial score (nSPS) is 23.0. The van der Waals surface area contributed by atoms with Crippen LogP contribution in [0.4, 0.5) is 0 Å². The van der Waals surface area contributed by atoms with Crippen LogP contribution in [0.25, 0.3) is 0 Å². The van der Waals surface area contributed by atoms with Gasteiger partial charge in [-0.25, -0.2) is 0 Å². The standard InChI is InChI=1S/C22H25NO7/c1-14(25)30-22-12-20(29-4)17(26)11-16(22)7-8-23(13-24)21(22)10-15-5-6-18(27-2)19(9-15)28-3/h5-6,9,11-13,21H,7-8,10H2,1-4H3. The molecule has 0 aromatic heterocycles. The number of likely N-dealkylation sites (tertiary alicyclic amines) is 1. The number of carbonyl (C=O) groups is 3. The number of allylic oxidation sites excluding steroid dienone is 1. The van der Waals surface area contributed by atoms with Crippen molar-refractivity contribution in [1.29, 1.82) is 0 Å². The van der Waals surface area contributed by atoms with Gasteiger partial charge in [-0.15, -0.1) is 0 Å². The number of fused-ring (bicyclic) bond motifs is 1. The third-order valence-corrected chi connectivity index (χ3v) is 5.48. The molecular weight excluding hydrogens is 390 g/mol. The molecule has 8 heteroatoms. The van der Waals surface area contributed by atoms with Crippen LogP contribution in [0.3, 0.4) is 0 Å². The molecule has 8 nitrogen and oxygen atoms in total. The molecule has 1 aromatic rings. The van der Waals surface area contributed by atoms with E-state index in [4.69, 9.17) is 18.9 Å². The van der Waals surface area contributed by atoms with Crippen molar-refractivity contribution in [3.63, 3.8) is 0 Å². The first-order valence-electron chi connectivity index (χ1n) is 9.52.